The van der Waals surface area contributed by atoms with E-state index in [1.54, 1.807) is 18.9 Å². The summed E-state index contributed by atoms with van der Waals surface area (Å²) >= 11 is 2.23. The van der Waals surface area contributed by atoms with Crippen molar-refractivity contribution in [1.82, 2.24) is 14.9 Å². The van der Waals surface area contributed by atoms with Crippen molar-refractivity contribution in [3.8, 4) is 5.75 Å². The first kappa shape index (κ1) is 32.7. The Kier molecular flexibility index (Phi) is 9.62. The summed E-state index contributed by atoms with van der Waals surface area (Å²) in [6.07, 6.45) is 2.90. The number of thiazole rings is 2. The second kappa shape index (κ2) is 13.8. The van der Waals surface area contributed by atoms with Gasteiger partial charge in [0.15, 0.2) is 16.6 Å². The maximum atomic E-state index is 13.5. The quantitative estimate of drug-likeness (QED) is 0.286. The molecule has 2 aromatic heterocycles. The summed E-state index contributed by atoms with van der Waals surface area (Å²) in [5.74, 6) is -0.619. The van der Waals surface area contributed by atoms with Crippen LogP contribution < -0.4 is 9.64 Å². The number of ketones is 4. The van der Waals surface area contributed by atoms with Crippen molar-refractivity contribution in [2.45, 2.75) is 45.4 Å². The van der Waals surface area contributed by atoms with Crippen molar-refractivity contribution >= 4 is 68.8 Å². The lowest BCUT2D eigenvalue weighted by Gasteiger charge is -2.29. The summed E-state index contributed by atoms with van der Waals surface area (Å²) in [5.41, 5.74) is 2.48. The third-order valence-electron chi connectivity index (χ3n) is 8.31. The zero-order valence-electron chi connectivity index (χ0n) is 26.5. The number of methoxy groups -OCH3 is 1. The number of Topliss-reactive ketones (excluding diaryl/α,β-unsaturated/α-hetero) is 4. The van der Waals surface area contributed by atoms with Gasteiger partial charge in [0.1, 0.15) is 26.9 Å². The molecule has 0 saturated carbocycles. The molecule has 3 aliphatic rings. The van der Waals surface area contributed by atoms with Gasteiger partial charge in [0.2, 0.25) is 11.6 Å². The molecule has 0 radical (unpaired) electrons. The lowest BCUT2D eigenvalue weighted by atomic mass is 9.98. The van der Waals surface area contributed by atoms with Gasteiger partial charge < -0.3 is 14.5 Å². The molecule has 0 N–H and O–H groups in total. The van der Waals surface area contributed by atoms with E-state index in [0.29, 0.717) is 48.9 Å². The zero-order chi connectivity index (χ0) is 33.2. The van der Waals surface area contributed by atoms with E-state index >= 15 is 0 Å². The SMILES string of the molecule is COc1ccc2c(c1)CCCN2C(=O)c1nc2c(s1)C(=O)CC(=NCCCN(C)CCCN=C1CC(=O)c3sc(C)nc3C1=O)C2=O. The monoisotopic (exact) mass is 674 g/mol. The highest BCUT2D eigenvalue weighted by molar-refractivity contribution is 7.16. The van der Waals surface area contributed by atoms with Gasteiger partial charge >= 0.3 is 0 Å². The lowest BCUT2D eigenvalue weighted by molar-refractivity contribution is 0.0963. The summed E-state index contributed by atoms with van der Waals surface area (Å²) in [6, 6.07) is 5.59. The molecule has 14 heteroatoms. The Labute approximate surface area is 279 Å². The number of benzene rings is 1. The molecular formula is C33H34N6O6S2. The predicted molar refractivity (Wildman–Crippen MR) is 180 cm³/mol. The fourth-order valence-corrected chi connectivity index (χ4v) is 7.73. The largest absolute Gasteiger partial charge is 0.497 e. The van der Waals surface area contributed by atoms with E-state index < -0.39 is 5.78 Å². The van der Waals surface area contributed by atoms with Crippen LogP contribution in [-0.4, -0.2) is 102 Å². The molecule has 12 nitrogen and oxygen atoms in total. The van der Waals surface area contributed by atoms with Gasteiger partial charge in [-0.25, -0.2) is 9.97 Å². The molecule has 0 fully saturated rings. The fourth-order valence-electron chi connectivity index (χ4n) is 5.93. The number of aliphatic imine (C=N–C) groups is 2. The van der Waals surface area contributed by atoms with Crippen LogP contribution in [0.4, 0.5) is 5.69 Å². The average molecular weight is 675 g/mol. The maximum Gasteiger partial charge on any atom is 0.287 e. The van der Waals surface area contributed by atoms with E-state index in [4.69, 9.17) is 4.74 Å². The number of hydrogen-bond acceptors (Lipinski definition) is 13. The van der Waals surface area contributed by atoms with Crippen LogP contribution in [-0.2, 0) is 6.42 Å². The lowest BCUT2D eigenvalue weighted by Crippen LogP contribution is -2.35. The fraction of sp³-hybridized carbons (Fsp3) is 0.424. The van der Waals surface area contributed by atoms with Crippen LogP contribution in [0.5, 0.6) is 5.75 Å². The summed E-state index contributed by atoms with van der Waals surface area (Å²) in [5, 5.41) is 0.815. The van der Waals surface area contributed by atoms with E-state index in [1.165, 1.54) is 11.3 Å². The number of carbonyl (C=O) groups is 5. The molecule has 244 valence electrons. The van der Waals surface area contributed by atoms with Gasteiger partial charge in [0.25, 0.3) is 5.91 Å². The van der Waals surface area contributed by atoms with Gasteiger partial charge in [-0.05, 0) is 76.5 Å². The van der Waals surface area contributed by atoms with Crippen molar-refractivity contribution in [2.75, 3.05) is 51.8 Å². The normalized spacial score (nSPS) is 17.8. The minimum atomic E-state index is -0.401. The van der Waals surface area contributed by atoms with E-state index in [0.717, 1.165) is 47.7 Å². The van der Waals surface area contributed by atoms with E-state index in [-0.39, 0.29) is 68.8 Å². The van der Waals surface area contributed by atoms with Gasteiger partial charge in [-0.2, -0.15) is 0 Å². The Morgan fingerprint density at radius 2 is 1.55 bits per heavy atom. The summed E-state index contributed by atoms with van der Waals surface area (Å²) in [6.45, 7) is 4.52. The molecule has 3 aromatic rings. The Bertz CT molecular complexity index is 1860. The Morgan fingerprint density at radius 1 is 0.936 bits per heavy atom. The predicted octanol–water partition coefficient (Wildman–Crippen LogP) is 4.34. The second-order valence-corrected chi connectivity index (χ2v) is 13.9. The van der Waals surface area contributed by atoms with Crippen LogP contribution in [0.3, 0.4) is 0 Å². The molecule has 3 heterocycles. The highest BCUT2D eigenvalue weighted by Gasteiger charge is 2.36. The van der Waals surface area contributed by atoms with Crippen LogP contribution in [0, 0.1) is 6.92 Å². The van der Waals surface area contributed by atoms with Crippen molar-refractivity contribution in [1.29, 1.82) is 0 Å². The van der Waals surface area contributed by atoms with E-state index in [1.807, 2.05) is 25.2 Å². The second-order valence-electron chi connectivity index (χ2n) is 11.7. The number of aryl methyl sites for hydroxylation is 2. The molecule has 6 rings (SSSR count). The number of ether oxygens (including phenoxy) is 1. The first-order valence-corrected chi connectivity index (χ1v) is 17.2. The van der Waals surface area contributed by atoms with Crippen molar-refractivity contribution in [3.05, 3.63) is 54.9 Å². The number of fused-ring (bicyclic) bond motifs is 3. The number of carbonyl (C=O) groups excluding carboxylic acids is 5. The molecule has 1 aliphatic heterocycles. The van der Waals surface area contributed by atoms with Crippen LogP contribution in [0.1, 0.15) is 92.8 Å². The van der Waals surface area contributed by atoms with Crippen LogP contribution in [0.2, 0.25) is 0 Å². The van der Waals surface area contributed by atoms with Crippen molar-refractivity contribution < 1.29 is 28.7 Å². The van der Waals surface area contributed by atoms with Gasteiger partial charge in [0.05, 0.1) is 36.4 Å². The number of amides is 1. The number of anilines is 1. The van der Waals surface area contributed by atoms with Crippen molar-refractivity contribution in [2.24, 2.45) is 9.98 Å². The Morgan fingerprint density at radius 3 is 2.19 bits per heavy atom. The molecule has 1 amide bonds. The van der Waals surface area contributed by atoms with E-state index in [2.05, 4.69) is 24.9 Å². The molecule has 1 aromatic carbocycles. The maximum absolute atomic E-state index is 13.5. The standard InChI is InChI=1S/C33H34N6O6S2/c1-18-36-26-28(42)21(16-24(40)30(26)46-18)34-10-5-12-38(2)13-6-11-35-22-17-25(41)31-27(29(22)43)37-32(47-31)33(44)39-14-4-7-19-15-20(45-3)8-9-23(19)39/h8-9,15H,4-7,10-14,16-17H2,1-3H3. The minimum Gasteiger partial charge on any atom is -0.497 e. The molecule has 2 aliphatic carbocycles. The summed E-state index contributed by atoms with van der Waals surface area (Å²) in [4.78, 5) is 86.5. The van der Waals surface area contributed by atoms with Gasteiger partial charge in [-0.1, -0.05) is 0 Å². The number of rotatable bonds is 10. The third-order valence-corrected chi connectivity index (χ3v) is 10.4. The van der Waals surface area contributed by atoms with Gasteiger partial charge in [-0.15, -0.1) is 22.7 Å². The summed E-state index contributed by atoms with van der Waals surface area (Å²) < 4.78 is 5.32. The first-order chi connectivity index (χ1) is 22.6. The highest BCUT2D eigenvalue weighted by atomic mass is 32.1. The Balaban J connectivity index is 0.998. The topological polar surface area (TPSA) is 152 Å². The molecular weight excluding hydrogens is 641 g/mol. The Hall–Kier alpha value is -4.27. The third kappa shape index (κ3) is 6.76. The summed E-state index contributed by atoms with van der Waals surface area (Å²) in [7, 11) is 3.57. The molecule has 0 atom stereocenters. The minimum absolute atomic E-state index is 0.0123. The van der Waals surface area contributed by atoms with E-state index in [9.17, 15) is 24.0 Å². The molecule has 0 bridgehead atoms. The average Bonchev–Trinajstić information content (AvgIpc) is 3.70. The molecule has 0 spiro atoms. The molecule has 47 heavy (non-hydrogen) atoms. The highest BCUT2D eigenvalue weighted by Crippen LogP contribution is 2.34. The zero-order valence-corrected chi connectivity index (χ0v) is 28.1. The smallest absolute Gasteiger partial charge is 0.287 e. The number of aromatic nitrogens is 2. The first-order valence-electron chi connectivity index (χ1n) is 15.5. The number of hydrogen-bond donors (Lipinski definition) is 0. The molecule has 0 saturated heterocycles. The van der Waals surface area contributed by atoms with Crippen molar-refractivity contribution in [3.63, 3.8) is 0 Å². The van der Waals surface area contributed by atoms with Gasteiger partial charge in [0, 0.05) is 25.3 Å². The van der Waals surface area contributed by atoms with Crippen LogP contribution in [0.15, 0.2) is 28.2 Å². The van der Waals surface area contributed by atoms with Crippen LogP contribution in [0.25, 0.3) is 0 Å². The molecule has 0 unspecified atom stereocenters. The van der Waals surface area contributed by atoms with Crippen LogP contribution >= 0.6 is 22.7 Å². The number of nitrogens with zero attached hydrogens (tertiary/aromatic N) is 6. The van der Waals surface area contributed by atoms with Gasteiger partial charge in [-0.3, -0.25) is 34.0 Å².